The zero-order valence-corrected chi connectivity index (χ0v) is 23.9. The average molecular weight is 587 g/mol. The highest BCUT2D eigenvalue weighted by atomic mass is 16.5. The van der Waals surface area contributed by atoms with Crippen LogP contribution < -0.4 is 9.47 Å². The summed E-state index contributed by atoms with van der Waals surface area (Å²) in [5.41, 5.74) is 8.59. The van der Waals surface area contributed by atoms with Crippen molar-refractivity contribution in [1.29, 1.82) is 10.5 Å². The number of rotatable bonds is 9. The van der Waals surface area contributed by atoms with E-state index in [-0.39, 0.29) is 26.4 Å². The Hall–Kier alpha value is -5.68. The van der Waals surface area contributed by atoms with Crippen molar-refractivity contribution in [1.82, 2.24) is 9.97 Å². The fourth-order valence-corrected chi connectivity index (χ4v) is 5.28. The summed E-state index contributed by atoms with van der Waals surface area (Å²) in [6.07, 6.45) is 0. The van der Waals surface area contributed by atoms with Crippen molar-refractivity contribution in [3.05, 3.63) is 82.9 Å². The van der Waals surface area contributed by atoms with E-state index in [1.165, 1.54) is 0 Å². The molecule has 6 rings (SSSR count). The first-order valence-corrected chi connectivity index (χ1v) is 13.7. The molecule has 0 saturated heterocycles. The smallest absolute Gasteiger partial charge is 0.227 e. The van der Waals surface area contributed by atoms with E-state index >= 15 is 0 Å². The summed E-state index contributed by atoms with van der Waals surface area (Å²) in [5, 5.41) is 37.4. The van der Waals surface area contributed by atoms with Crippen molar-refractivity contribution in [2.24, 2.45) is 0 Å². The predicted molar refractivity (Wildman–Crippen MR) is 161 cm³/mol. The van der Waals surface area contributed by atoms with Gasteiger partial charge < -0.3 is 28.5 Å². The van der Waals surface area contributed by atoms with Gasteiger partial charge in [0.15, 0.2) is 24.4 Å². The summed E-state index contributed by atoms with van der Waals surface area (Å²) in [5.74, 6) is 1.59. The molecule has 0 saturated carbocycles. The Bertz CT molecular complexity index is 1960. The van der Waals surface area contributed by atoms with Crippen LogP contribution in [0, 0.1) is 36.5 Å². The van der Waals surface area contributed by atoms with Crippen molar-refractivity contribution in [2.75, 3.05) is 13.2 Å². The summed E-state index contributed by atoms with van der Waals surface area (Å²) in [4.78, 5) is 9.38. The fourth-order valence-electron chi connectivity index (χ4n) is 5.28. The predicted octanol–water partition coefficient (Wildman–Crippen LogP) is 6.38. The molecule has 10 heteroatoms. The quantitative estimate of drug-likeness (QED) is 0.195. The van der Waals surface area contributed by atoms with Gasteiger partial charge in [-0.05, 0) is 60.4 Å². The Kier molecular flexibility index (Phi) is 7.69. The van der Waals surface area contributed by atoms with Gasteiger partial charge in [-0.3, -0.25) is 0 Å². The third-order valence-corrected chi connectivity index (χ3v) is 7.49. The number of oxazole rings is 2. The second-order valence-electron chi connectivity index (χ2n) is 10.1. The van der Waals surface area contributed by atoms with Crippen LogP contribution in [0.1, 0.15) is 22.3 Å². The maximum atomic E-state index is 9.79. The number of nitrogens with zero attached hydrogens (tertiary/aromatic N) is 4. The van der Waals surface area contributed by atoms with E-state index < -0.39 is 0 Å². The van der Waals surface area contributed by atoms with Crippen molar-refractivity contribution in [2.45, 2.75) is 27.1 Å². The lowest BCUT2D eigenvalue weighted by Crippen LogP contribution is -1.97. The lowest BCUT2D eigenvalue weighted by Gasteiger charge is -2.14. The van der Waals surface area contributed by atoms with Crippen LogP contribution in [0.5, 0.6) is 11.5 Å². The first-order chi connectivity index (χ1) is 21.4. The molecule has 10 nitrogen and oxygen atoms in total. The van der Waals surface area contributed by atoms with Crippen LogP contribution in [-0.2, 0) is 13.2 Å². The van der Waals surface area contributed by atoms with Gasteiger partial charge in [-0.15, -0.1) is 0 Å². The fraction of sp³-hybridized carbons (Fsp3) is 0.176. The van der Waals surface area contributed by atoms with Crippen LogP contribution in [0.25, 0.3) is 56.2 Å². The van der Waals surface area contributed by atoms with E-state index in [1.54, 1.807) is 24.3 Å². The standard InChI is InChI=1S/C34H26N4O6/c1-19-23(5-3-7-25(19)33-37-27-13-21(17-39)29(41-11-9-35)15-31(27)43-33)24-6-4-8-26(20(24)2)34-38-28-14-22(18-40)30(42-12-10-36)16-32(28)44-34/h3-8,13-16,39-40H,11-12,17-18H2,1-2H3. The molecule has 0 atom stereocenters. The molecule has 218 valence electrons. The van der Waals surface area contributed by atoms with Gasteiger partial charge in [0.05, 0.1) is 13.2 Å². The zero-order chi connectivity index (χ0) is 30.8. The minimum atomic E-state index is -0.262. The van der Waals surface area contributed by atoms with Crippen molar-refractivity contribution >= 4 is 22.2 Å². The van der Waals surface area contributed by atoms with Crippen LogP contribution in [0.2, 0.25) is 0 Å². The van der Waals surface area contributed by atoms with E-state index in [9.17, 15) is 10.2 Å². The third kappa shape index (κ3) is 5.09. The molecule has 0 amide bonds. The van der Waals surface area contributed by atoms with Gasteiger partial charge in [-0.1, -0.05) is 24.3 Å². The number of ether oxygens (including phenoxy) is 2. The molecule has 6 aromatic rings. The van der Waals surface area contributed by atoms with Gasteiger partial charge in [-0.25, -0.2) is 9.97 Å². The van der Waals surface area contributed by atoms with E-state index in [0.29, 0.717) is 56.6 Å². The summed E-state index contributed by atoms with van der Waals surface area (Å²) >= 11 is 0. The van der Waals surface area contributed by atoms with Crippen molar-refractivity contribution in [3.63, 3.8) is 0 Å². The van der Waals surface area contributed by atoms with Crippen LogP contribution in [0.3, 0.4) is 0 Å². The van der Waals surface area contributed by atoms with Gasteiger partial charge in [-0.2, -0.15) is 10.5 Å². The summed E-state index contributed by atoms with van der Waals surface area (Å²) < 4.78 is 23.2. The van der Waals surface area contributed by atoms with Crippen molar-refractivity contribution in [3.8, 4) is 57.7 Å². The van der Waals surface area contributed by atoms with Crippen LogP contribution >= 0.6 is 0 Å². The molecule has 0 fully saturated rings. The second-order valence-corrected chi connectivity index (χ2v) is 10.1. The maximum Gasteiger partial charge on any atom is 0.227 e. The highest BCUT2D eigenvalue weighted by Gasteiger charge is 2.20. The maximum absolute atomic E-state index is 9.79. The lowest BCUT2D eigenvalue weighted by atomic mass is 9.91. The topological polar surface area (TPSA) is 159 Å². The van der Waals surface area contributed by atoms with E-state index in [2.05, 4.69) is 0 Å². The van der Waals surface area contributed by atoms with E-state index in [0.717, 1.165) is 33.4 Å². The first-order valence-electron chi connectivity index (χ1n) is 13.7. The molecule has 0 bridgehead atoms. The molecule has 44 heavy (non-hydrogen) atoms. The summed E-state index contributed by atoms with van der Waals surface area (Å²) in [7, 11) is 0. The molecule has 2 N–H and O–H groups in total. The Morgan fingerprint density at radius 2 is 1.07 bits per heavy atom. The number of fused-ring (bicyclic) bond motifs is 2. The highest BCUT2D eigenvalue weighted by Crippen LogP contribution is 2.39. The number of hydrogen-bond acceptors (Lipinski definition) is 10. The third-order valence-electron chi connectivity index (χ3n) is 7.49. The molecule has 4 aromatic carbocycles. The molecular weight excluding hydrogens is 560 g/mol. The first kappa shape index (κ1) is 28.4. The average Bonchev–Trinajstić information content (AvgIpc) is 3.65. The van der Waals surface area contributed by atoms with Gasteiger partial charge in [0.1, 0.15) is 34.7 Å². The number of aliphatic hydroxyl groups excluding tert-OH is 2. The van der Waals surface area contributed by atoms with Gasteiger partial charge in [0.2, 0.25) is 11.8 Å². The summed E-state index contributed by atoms with van der Waals surface area (Å²) in [6.45, 7) is 3.19. The monoisotopic (exact) mass is 586 g/mol. The van der Waals surface area contributed by atoms with Crippen LogP contribution in [0.15, 0.2) is 69.5 Å². The molecular formula is C34H26N4O6. The molecule has 0 unspecified atom stereocenters. The number of nitriles is 2. The minimum absolute atomic E-state index is 0.149. The Labute approximate surface area is 252 Å². The molecule has 0 aliphatic rings. The SMILES string of the molecule is Cc1c(-c2nc3cc(CO)c(OCC#N)cc3o2)cccc1-c1cccc(-c2nc3cc(CO)c(OCC#N)cc3o2)c1C. The highest BCUT2D eigenvalue weighted by molar-refractivity contribution is 5.85. The molecule has 2 aromatic heterocycles. The molecule has 0 radical (unpaired) electrons. The molecule has 0 aliphatic carbocycles. The number of hydrogen-bond donors (Lipinski definition) is 2. The number of benzene rings is 4. The van der Waals surface area contributed by atoms with E-state index in [1.807, 2.05) is 62.4 Å². The normalized spacial score (nSPS) is 11.0. The number of aromatic nitrogens is 2. The molecule has 2 heterocycles. The Morgan fingerprint density at radius 3 is 1.45 bits per heavy atom. The van der Waals surface area contributed by atoms with Gasteiger partial charge in [0, 0.05) is 34.4 Å². The number of aliphatic hydroxyl groups is 2. The van der Waals surface area contributed by atoms with Crippen LogP contribution in [-0.4, -0.2) is 33.4 Å². The minimum Gasteiger partial charge on any atom is -0.478 e. The summed E-state index contributed by atoms with van der Waals surface area (Å²) in [6, 6.07) is 22.4. The van der Waals surface area contributed by atoms with E-state index in [4.69, 9.17) is 38.8 Å². The lowest BCUT2D eigenvalue weighted by molar-refractivity contribution is 0.270. The van der Waals surface area contributed by atoms with Crippen LogP contribution in [0.4, 0.5) is 0 Å². The Balaban J connectivity index is 1.39. The zero-order valence-electron chi connectivity index (χ0n) is 23.9. The largest absolute Gasteiger partial charge is 0.478 e. The molecule has 0 aliphatic heterocycles. The van der Waals surface area contributed by atoms with Crippen molar-refractivity contribution < 1.29 is 28.5 Å². The molecule has 0 spiro atoms. The van der Waals surface area contributed by atoms with Gasteiger partial charge in [0.25, 0.3) is 0 Å². The van der Waals surface area contributed by atoms with Gasteiger partial charge >= 0.3 is 0 Å². The Morgan fingerprint density at radius 1 is 0.659 bits per heavy atom. The second kappa shape index (κ2) is 11.9.